The van der Waals surface area contributed by atoms with Gasteiger partial charge in [-0.2, -0.15) is 0 Å². The zero-order chi connectivity index (χ0) is 13.1. The molecule has 0 rings (SSSR count). The zero-order valence-corrected chi connectivity index (χ0v) is 12.8. The summed E-state index contributed by atoms with van der Waals surface area (Å²) in [6.45, 7) is 14.0. The highest BCUT2D eigenvalue weighted by atomic mass is 15.1. The fraction of sp³-hybridized carbons (Fsp3) is 1.00. The van der Waals surface area contributed by atoms with Gasteiger partial charge in [-0.1, -0.05) is 40.5 Å². The maximum atomic E-state index is 3.38. The summed E-state index contributed by atoms with van der Waals surface area (Å²) in [5.41, 5.74) is 0. The summed E-state index contributed by atoms with van der Waals surface area (Å²) in [5, 5.41) is 3.38. The lowest BCUT2D eigenvalue weighted by atomic mass is 9.89. The van der Waals surface area contributed by atoms with Crippen molar-refractivity contribution in [2.24, 2.45) is 11.8 Å². The molecule has 0 aliphatic rings. The summed E-state index contributed by atoms with van der Waals surface area (Å²) in [7, 11) is 2.25. The quantitative estimate of drug-likeness (QED) is 0.559. The minimum absolute atomic E-state index is 0.867. The van der Waals surface area contributed by atoms with E-state index in [-0.39, 0.29) is 0 Å². The molecule has 0 amide bonds. The average Bonchev–Trinajstić information content (AvgIpc) is 2.32. The van der Waals surface area contributed by atoms with Crippen molar-refractivity contribution >= 4 is 0 Å². The Hall–Kier alpha value is -0.0800. The van der Waals surface area contributed by atoms with Gasteiger partial charge in [-0.05, 0) is 57.9 Å². The van der Waals surface area contributed by atoms with Crippen LogP contribution in [0.2, 0.25) is 0 Å². The molecule has 0 aliphatic heterocycles. The minimum Gasteiger partial charge on any atom is -0.317 e. The third kappa shape index (κ3) is 9.61. The van der Waals surface area contributed by atoms with Crippen LogP contribution in [0.1, 0.15) is 53.4 Å². The third-order valence-electron chi connectivity index (χ3n) is 3.82. The van der Waals surface area contributed by atoms with Gasteiger partial charge < -0.3 is 10.2 Å². The van der Waals surface area contributed by atoms with Gasteiger partial charge in [0.1, 0.15) is 0 Å². The van der Waals surface area contributed by atoms with E-state index in [9.17, 15) is 0 Å². The van der Waals surface area contributed by atoms with Crippen LogP contribution in [-0.4, -0.2) is 38.1 Å². The molecule has 2 atom stereocenters. The smallest absolute Gasteiger partial charge is 0.000969 e. The van der Waals surface area contributed by atoms with Gasteiger partial charge >= 0.3 is 0 Å². The van der Waals surface area contributed by atoms with Gasteiger partial charge in [0.2, 0.25) is 0 Å². The van der Waals surface area contributed by atoms with Gasteiger partial charge in [0.05, 0.1) is 0 Å². The predicted octanol–water partition coefficient (Wildman–Crippen LogP) is 3.38. The molecule has 0 bridgehead atoms. The number of hydrogen-bond donors (Lipinski definition) is 1. The Bertz CT molecular complexity index is 159. The Balaban J connectivity index is 3.51. The van der Waals surface area contributed by atoms with Crippen LogP contribution in [0.15, 0.2) is 0 Å². The molecule has 0 heterocycles. The molecule has 0 fully saturated rings. The maximum Gasteiger partial charge on any atom is -0.000969 e. The molecule has 2 nitrogen and oxygen atoms in total. The van der Waals surface area contributed by atoms with E-state index < -0.39 is 0 Å². The molecule has 0 saturated heterocycles. The number of hydrogen-bond acceptors (Lipinski definition) is 2. The van der Waals surface area contributed by atoms with E-state index >= 15 is 0 Å². The Morgan fingerprint density at radius 1 is 1.00 bits per heavy atom. The number of rotatable bonds is 11. The molecule has 1 N–H and O–H groups in total. The molecule has 17 heavy (non-hydrogen) atoms. The maximum absolute atomic E-state index is 3.38. The Morgan fingerprint density at radius 3 is 2.24 bits per heavy atom. The monoisotopic (exact) mass is 242 g/mol. The SMILES string of the molecule is CCCC(C)C(C)CCN(C)CCCNCC. The van der Waals surface area contributed by atoms with Crippen molar-refractivity contribution in [2.45, 2.75) is 53.4 Å². The Morgan fingerprint density at radius 2 is 1.65 bits per heavy atom. The second-order valence-electron chi connectivity index (χ2n) is 5.54. The highest BCUT2D eigenvalue weighted by molar-refractivity contribution is 4.64. The highest BCUT2D eigenvalue weighted by Crippen LogP contribution is 2.19. The molecular weight excluding hydrogens is 208 g/mol. The molecule has 0 aromatic rings. The molecule has 2 unspecified atom stereocenters. The van der Waals surface area contributed by atoms with Gasteiger partial charge in [-0.25, -0.2) is 0 Å². The Labute approximate surface area is 109 Å². The molecule has 0 aromatic heterocycles. The van der Waals surface area contributed by atoms with E-state index in [1.54, 1.807) is 0 Å². The summed E-state index contributed by atoms with van der Waals surface area (Å²) in [5.74, 6) is 1.75. The van der Waals surface area contributed by atoms with Crippen molar-refractivity contribution in [3.8, 4) is 0 Å². The molecule has 104 valence electrons. The van der Waals surface area contributed by atoms with Crippen LogP contribution in [0.3, 0.4) is 0 Å². The van der Waals surface area contributed by atoms with E-state index in [1.807, 2.05) is 0 Å². The van der Waals surface area contributed by atoms with Crippen molar-refractivity contribution in [3.05, 3.63) is 0 Å². The summed E-state index contributed by atoms with van der Waals surface area (Å²) in [6, 6.07) is 0. The topological polar surface area (TPSA) is 15.3 Å². The van der Waals surface area contributed by atoms with Crippen LogP contribution >= 0.6 is 0 Å². The van der Waals surface area contributed by atoms with Crippen LogP contribution < -0.4 is 5.32 Å². The average molecular weight is 242 g/mol. The summed E-state index contributed by atoms with van der Waals surface area (Å²) < 4.78 is 0. The summed E-state index contributed by atoms with van der Waals surface area (Å²) in [4.78, 5) is 2.48. The van der Waals surface area contributed by atoms with Crippen LogP contribution in [0.4, 0.5) is 0 Å². The molecular formula is C15H34N2. The van der Waals surface area contributed by atoms with Crippen molar-refractivity contribution in [1.82, 2.24) is 10.2 Å². The van der Waals surface area contributed by atoms with E-state index in [4.69, 9.17) is 0 Å². The first-order valence-corrected chi connectivity index (χ1v) is 7.51. The standard InChI is InChI=1S/C15H34N2/c1-6-9-14(3)15(4)10-13-17(5)12-8-11-16-7-2/h14-16H,6-13H2,1-5H3. The number of nitrogens with zero attached hydrogens (tertiary/aromatic N) is 1. The molecule has 0 aromatic carbocycles. The lowest BCUT2D eigenvalue weighted by Crippen LogP contribution is -2.26. The van der Waals surface area contributed by atoms with Gasteiger partial charge in [0, 0.05) is 0 Å². The third-order valence-corrected chi connectivity index (χ3v) is 3.82. The predicted molar refractivity (Wildman–Crippen MR) is 78.5 cm³/mol. The lowest BCUT2D eigenvalue weighted by Gasteiger charge is -2.23. The van der Waals surface area contributed by atoms with E-state index in [2.05, 4.69) is 45.0 Å². The molecule has 0 radical (unpaired) electrons. The highest BCUT2D eigenvalue weighted by Gasteiger charge is 2.11. The first-order chi connectivity index (χ1) is 8.11. The normalized spacial score (nSPS) is 15.2. The van der Waals surface area contributed by atoms with E-state index in [0.29, 0.717) is 0 Å². The van der Waals surface area contributed by atoms with Gasteiger partial charge in [0.15, 0.2) is 0 Å². The van der Waals surface area contributed by atoms with Gasteiger partial charge in [-0.15, -0.1) is 0 Å². The summed E-state index contributed by atoms with van der Waals surface area (Å²) in [6.07, 6.45) is 5.32. The first kappa shape index (κ1) is 16.9. The molecule has 0 saturated carbocycles. The molecule has 2 heteroatoms. The second kappa shape index (κ2) is 11.0. The van der Waals surface area contributed by atoms with Gasteiger partial charge in [-0.3, -0.25) is 0 Å². The summed E-state index contributed by atoms with van der Waals surface area (Å²) >= 11 is 0. The minimum atomic E-state index is 0.867. The fourth-order valence-electron chi connectivity index (χ4n) is 2.21. The first-order valence-electron chi connectivity index (χ1n) is 7.51. The van der Waals surface area contributed by atoms with Crippen LogP contribution in [-0.2, 0) is 0 Å². The zero-order valence-electron chi connectivity index (χ0n) is 12.8. The fourth-order valence-corrected chi connectivity index (χ4v) is 2.21. The van der Waals surface area contributed by atoms with Crippen molar-refractivity contribution in [2.75, 3.05) is 33.2 Å². The van der Waals surface area contributed by atoms with Crippen LogP contribution in [0.25, 0.3) is 0 Å². The van der Waals surface area contributed by atoms with E-state index in [0.717, 1.165) is 24.9 Å². The van der Waals surface area contributed by atoms with Crippen LogP contribution in [0.5, 0.6) is 0 Å². The van der Waals surface area contributed by atoms with Crippen LogP contribution in [0, 0.1) is 11.8 Å². The van der Waals surface area contributed by atoms with Crippen molar-refractivity contribution in [1.29, 1.82) is 0 Å². The largest absolute Gasteiger partial charge is 0.317 e. The van der Waals surface area contributed by atoms with Crippen molar-refractivity contribution in [3.63, 3.8) is 0 Å². The molecule has 0 spiro atoms. The van der Waals surface area contributed by atoms with Crippen molar-refractivity contribution < 1.29 is 0 Å². The number of nitrogens with one attached hydrogen (secondary N) is 1. The Kier molecular flexibility index (Phi) is 11.0. The van der Waals surface area contributed by atoms with Gasteiger partial charge in [0.25, 0.3) is 0 Å². The molecule has 0 aliphatic carbocycles. The van der Waals surface area contributed by atoms with E-state index in [1.165, 1.54) is 38.8 Å². The lowest BCUT2D eigenvalue weighted by molar-refractivity contribution is 0.263. The second-order valence-corrected chi connectivity index (χ2v) is 5.54.